The molecule has 0 aliphatic heterocycles. The number of carbonyl (C=O) groups excluding carboxylic acids is 1. The van der Waals surface area contributed by atoms with Gasteiger partial charge in [0.2, 0.25) is 0 Å². The van der Waals surface area contributed by atoms with E-state index in [1.807, 2.05) is 26.0 Å². The fraction of sp³-hybridized carbons (Fsp3) is 0.429. The average Bonchev–Trinajstić information content (AvgIpc) is 2.38. The highest BCUT2D eigenvalue weighted by molar-refractivity contribution is 7.99. The Bertz CT molecular complexity index is 439. The highest BCUT2D eigenvalue weighted by Crippen LogP contribution is 2.24. The molecule has 0 aliphatic carbocycles. The van der Waals surface area contributed by atoms with Gasteiger partial charge in [0.1, 0.15) is 5.25 Å². The van der Waals surface area contributed by atoms with E-state index in [1.54, 1.807) is 12.1 Å². The van der Waals surface area contributed by atoms with Crippen molar-refractivity contribution in [3.8, 4) is 0 Å². The molecule has 0 spiro atoms. The number of carbonyl (C=O) groups is 2. The molecule has 0 heterocycles. The zero-order valence-electron chi connectivity index (χ0n) is 11.3. The molecule has 104 valence electrons. The summed E-state index contributed by atoms with van der Waals surface area (Å²) in [6.45, 7) is 3.79. The summed E-state index contributed by atoms with van der Waals surface area (Å²) in [6.07, 6.45) is 0. The largest absolute Gasteiger partial charge is 0.480 e. The van der Waals surface area contributed by atoms with Crippen LogP contribution in [0.25, 0.3) is 0 Å². The first kappa shape index (κ1) is 15.6. The molecule has 0 saturated carbocycles. The normalized spacial score (nSPS) is 12.2. The van der Waals surface area contributed by atoms with Crippen LogP contribution in [-0.2, 0) is 15.3 Å². The Morgan fingerprint density at radius 2 is 1.84 bits per heavy atom. The lowest BCUT2D eigenvalue weighted by Crippen LogP contribution is -2.22. The maximum absolute atomic E-state index is 11.3. The third-order valence-electron chi connectivity index (χ3n) is 2.65. The Kier molecular flexibility index (Phi) is 5.89. The van der Waals surface area contributed by atoms with Gasteiger partial charge in [-0.05, 0) is 23.6 Å². The Morgan fingerprint density at radius 1 is 1.26 bits per heavy atom. The van der Waals surface area contributed by atoms with E-state index in [0.717, 1.165) is 5.56 Å². The van der Waals surface area contributed by atoms with E-state index >= 15 is 0 Å². The molecule has 0 aromatic heterocycles. The van der Waals surface area contributed by atoms with Gasteiger partial charge in [0.15, 0.2) is 0 Å². The van der Waals surface area contributed by atoms with Crippen LogP contribution in [0.15, 0.2) is 24.3 Å². The van der Waals surface area contributed by atoms with Crippen LogP contribution in [0.1, 0.15) is 29.8 Å². The minimum Gasteiger partial charge on any atom is -0.480 e. The van der Waals surface area contributed by atoms with E-state index in [1.165, 1.54) is 18.9 Å². The molecule has 0 amide bonds. The average molecular weight is 282 g/mol. The van der Waals surface area contributed by atoms with Crippen molar-refractivity contribution in [1.29, 1.82) is 0 Å². The minimum atomic E-state index is -0.786. The fourth-order valence-corrected chi connectivity index (χ4v) is 2.68. The lowest BCUT2D eigenvalue weighted by molar-refractivity contribution is -0.137. The van der Waals surface area contributed by atoms with Crippen molar-refractivity contribution in [2.75, 3.05) is 7.11 Å². The zero-order chi connectivity index (χ0) is 14.4. The summed E-state index contributed by atoms with van der Waals surface area (Å²) in [7, 11) is 1.34. The van der Waals surface area contributed by atoms with E-state index in [4.69, 9.17) is 5.11 Å². The number of esters is 1. The van der Waals surface area contributed by atoms with Crippen LogP contribution in [-0.4, -0.2) is 29.4 Å². The molecule has 1 atom stereocenters. The van der Waals surface area contributed by atoms with E-state index < -0.39 is 11.2 Å². The number of ether oxygens (including phenoxy) is 1. The monoisotopic (exact) mass is 282 g/mol. The fourth-order valence-electron chi connectivity index (χ4n) is 1.59. The van der Waals surface area contributed by atoms with Gasteiger partial charge in [0, 0.05) is 5.75 Å². The van der Waals surface area contributed by atoms with Crippen LogP contribution in [0.4, 0.5) is 0 Å². The molecule has 4 nitrogen and oxygen atoms in total. The molecule has 1 N–H and O–H groups in total. The van der Waals surface area contributed by atoms with Crippen LogP contribution in [0.2, 0.25) is 0 Å². The van der Waals surface area contributed by atoms with E-state index in [2.05, 4.69) is 4.74 Å². The van der Waals surface area contributed by atoms with Gasteiger partial charge < -0.3 is 9.84 Å². The Morgan fingerprint density at radius 3 is 2.26 bits per heavy atom. The summed E-state index contributed by atoms with van der Waals surface area (Å²) in [5.41, 5.74) is 1.49. The van der Waals surface area contributed by atoms with E-state index in [9.17, 15) is 9.59 Å². The lowest BCUT2D eigenvalue weighted by Gasteiger charge is -2.15. The summed E-state index contributed by atoms with van der Waals surface area (Å²) >= 11 is 1.40. The molecule has 0 fully saturated rings. The van der Waals surface area contributed by atoms with Gasteiger partial charge in [-0.25, -0.2) is 4.79 Å². The van der Waals surface area contributed by atoms with E-state index in [0.29, 0.717) is 11.3 Å². The molecule has 1 aromatic carbocycles. The smallest absolute Gasteiger partial charge is 0.337 e. The quantitative estimate of drug-likeness (QED) is 0.813. The Hall–Kier alpha value is -1.49. The maximum atomic E-state index is 11.3. The molecule has 19 heavy (non-hydrogen) atoms. The molecule has 1 aromatic rings. The van der Waals surface area contributed by atoms with Crippen LogP contribution in [0.3, 0.4) is 0 Å². The van der Waals surface area contributed by atoms with Crippen molar-refractivity contribution in [2.45, 2.75) is 24.9 Å². The molecule has 5 heteroatoms. The van der Waals surface area contributed by atoms with Gasteiger partial charge >= 0.3 is 11.9 Å². The lowest BCUT2D eigenvalue weighted by atomic mass is 10.1. The third-order valence-corrected chi connectivity index (χ3v) is 4.26. The van der Waals surface area contributed by atoms with Gasteiger partial charge in [-0.1, -0.05) is 26.0 Å². The molecule has 0 bridgehead atoms. The third kappa shape index (κ3) is 4.59. The molecular weight excluding hydrogens is 264 g/mol. The minimum absolute atomic E-state index is 0.0804. The number of benzene rings is 1. The van der Waals surface area contributed by atoms with Crippen molar-refractivity contribution in [3.05, 3.63) is 35.4 Å². The van der Waals surface area contributed by atoms with Crippen LogP contribution in [0, 0.1) is 5.92 Å². The summed E-state index contributed by atoms with van der Waals surface area (Å²) in [6, 6.07) is 7.01. The van der Waals surface area contributed by atoms with Crippen LogP contribution in [0.5, 0.6) is 0 Å². The van der Waals surface area contributed by atoms with Gasteiger partial charge in [0.25, 0.3) is 0 Å². The highest BCUT2D eigenvalue weighted by atomic mass is 32.2. The topological polar surface area (TPSA) is 63.6 Å². The van der Waals surface area contributed by atoms with Crippen LogP contribution >= 0.6 is 11.8 Å². The van der Waals surface area contributed by atoms with Crippen molar-refractivity contribution in [1.82, 2.24) is 0 Å². The predicted molar refractivity (Wildman–Crippen MR) is 75.3 cm³/mol. The number of carboxylic acids is 1. The summed E-state index contributed by atoms with van der Waals surface area (Å²) in [5, 5.41) is 8.67. The number of thioether (sulfide) groups is 1. The first-order valence-electron chi connectivity index (χ1n) is 5.97. The molecule has 1 unspecified atom stereocenters. The Labute approximate surface area is 117 Å². The van der Waals surface area contributed by atoms with Crippen molar-refractivity contribution in [2.24, 2.45) is 5.92 Å². The van der Waals surface area contributed by atoms with Crippen molar-refractivity contribution in [3.63, 3.8) is 0 Å². The predicted octanol–water partition coefficient (Wildman–Crippen LogP) is 2.82. The first-order chi connectivity index (χ1) is 8.95. The first-order valence-corrected chi connectivity index (χ1v) is 7.02. The second kappa shape index (κ2) is 7.19. The van der Waals surface area contributed by atoms with Gasteiger partial charge in [0.05, 0.1) is 12.7 Å². The number of hydrogen-bond donors (Lipinski definition) is 1. The zero-order valence-corrected chi connectivity index (χ0v) is 12.1. The molecule has 0 radical (unpaired) electrons. The van der Waals surface area contributed by atoms with Gasteiger partial charge in [-0.3, -0.25) is 4.79 Å². The number of aliphatic carboxylic acids is 1. The number of rotatable bonds is 6. The SMILES string of the molecule is COC(=O)c1ccc(CSC(C(=O)O)C(C)C)cc1. The molecule has 0 saturated heterocycles. The van der Waals surface area contributed by atoms with E-state index in [-0.39, 0.29) is 11.9 Å². The molecule has 1 rings (SSSR count). The number of methoxy groups -OCH3 is 1. The number of carboxylic acid groups (broad SMARTS) is 1. The molecular formula is C14H18O4S. The standard InChI is InChI=1S/C14H18O4S/c1-9(2)12(13(15)16)19-8-10-4-6-11(7-5-10)14(17)18-3/h4-7,9,12H,8H2,1-3H3,(H,15,16). The van der Waals surface area contributed by atoms with Crippen molar-refractivity contribution < 1.29 is 19.4 Å². The summed E-state index contributed by atoms with van der Waals surface area (Å²) in [4.78, 5) is 22.3. The summed E-state index contributed by atoms with van der Waals surface area (Å²) in [5.74, 6) is -0.468. The molecule has 0 aliphatic rings. The summed E-state index contributed by atoms with van der Waals surface area (Å²) < 4.78 is 4.62. The highest BCUT2D eigenvalue weighted by Gasteiger charge is 2.21. The van der Waals surface area contributed by atoms with Crippen LogP contribution < -0.4 is 0 Å². The van der Waals surface area contributed by atoms with Gasteiger partial charge in [-0.2, -0.15) is 0 Å². The van der Waals surface area contributed by atoms with Gasteiger partial charge in [-0.15, -0.1) is 11.8 Å². The Balaban J connectivity index is 2.63. The number of hydrogen-bond acceptors (Lipinski definition) is 4. The maximum Gasteiger partial charge on any atom is 0.337 e. The second-order valence-electron chi connectivity index (χ2n) is 4.50. The second-order valence-corrected chi connectivity index (χ2v) is 5.63. The van der Waals surface area contributed by atoms with Crippen molar-refractivity contribution >= 4 is 23.7 Å².